The monoisotopic (exact) mass is 320 g/mol. The second-order valence-corrected chi connectivity index (χ2v) is 5.42. The second kappa shape index (κ2) is 6.85. The number of aryl methyl sites for hydroxylation is 1. The number of alkyl halides is 1. The van der Waals surface area contributed by atoms with Gasteiger partial charge in [0.2, 0.25) is 0 Å². The first kappa shape index (κ1) is 14.3. The highest BCUT2D eigenvalue weighted by molar-refractivity contribution is 9.09. The molecule has 2 aromatic carbocycles. The van der Waals surface area contributed by atoms with Crippen molar-refractivity contribution in [1.82, 2.24) is 0 Å². The molecular formula is C17H18BrF. The minimum absolute atomic E-state index is 0.177. The van der Waals surface area contributed by atoms with Crippen LogP contribution in [0.5, 0.6) is 0 Å². The zero-order valence-corrected chi connectivity index (χ0v) is 12.7. The Balaban J connectivity index is 2.11. The summed E-state index contributed by atoms with van der Waals surface area (Å²) in [6.07, 6.45) is 2.04. The van der Waals surface area contributed by atoms with Gasteiger partial charge in [0.25, 0.3) is 0 Å². The molecule has 0 heterocycles. The van der Waals surface area contributed by atoms with E-state index in [1.165, 1.54) is 28.8 Å². The standard InChI is InChI=1S/C17H18BrF/c1-2-13-3-5-14(6-4-13)11-16(12-18)15-7-9-17(19)10-8-15/h3-10,16H,2,11-12H2,1H3. The summed E-state index contributed by atoms with van der Waals surface area (Å²) in [7, 11) is 0. The van der Waals surface area contributed by atoms with E-state index in [-0.39, 0.29) is 5.82 Å². The molecule has 0 saturated carbocycles. The fourth-order valence-corrected chi connectivity index (χ4v) is 2.79. The maximum absolute atomic E-state index is 13.0. The number of hydrogen-bond donors (Lipinski definition) is 0. The summed E-state index contributed by atoms with van der Waals surface area (Å²) in [6.45, 7) is 2.16. The van der Waals surface area contributed by atoms with Gasteiger partial charge in [0.1, 0.15) is 5.82 Å². The smallest absolute Gasteiger partial charge is 0.123 e. The molecule has 0 aliphatic carbocycles. The number of halogens is 2. The van der Waals surface area contributed by atoms with E-state index in [1.807, 2.05) is 12.1 Å². The van der Waals surface area contributed by atoms with Crippen LogP contribution in [0.4, 0.5) is 4.39 Å². The molecule has 0 fully saturated rings. The third-order valence-electron chi connectivity index (χ3n) is 3.44. The van der Waals surface area contributed by atoms with Crippen LogP contribution in [0, 0.1) is 5.82 Å². The van der Waals surface area contributed by atoms with Gasteiger partial charge in [-0.3, -0.25) is 0 Å². The highest BCUT2D eigenvalue weighted by atomic mass is 79.9. The molecule has 0 bridgehead atoms. The van der Waals surface area contributed by atoms with Crippen LogP contribution >= 0.6 is 15.9 Å². The van der Waals surface area contributed by atoms with Crippen LogP contribution < -0.4 is 0 Å². The first-order valence-electron chi connectivity index (χ1n) is 6.62. The predicted octanol–water partition coefficient (Wildman–Crippen LogP) is 5.11. The molecule has 0 aliphatic rings. The predicted molar refractivity (Wildman–Crippen MR) is 82.5 cm³/mol. The van der Waals surface area contributed by atoms with Crippen molar-refractivity contribution in [2.45, 2.75) is 25.7 Å². The van der Waals surface area contributed by atoms with Gasteiger partial charge in [-0.1, -0.05) is 59.3 Å². The molecular weight excluding hydrogens is 303 g/mol. The Kier molecular flexibility index (Phi) is 5.15. The summed E-state index contributed by atoms with van der Waals surface area (Å²) >= 11 is 3.56. The Labute approximate surface area is 122 Å². The lowest BCUT2D eigenvalue weighted by atomic mass is 9.93. The average molecular weight is 321 g/mol. The van der Waals surface area contributed by atoms with E-state index in [9.17, 15) is 4.39 Å². The summed E-state index contributed by atoms with van der Waals surface area (Å²) in [5, 5.41) is 0.883. The summed E-state index contributed by atoms with van der Waals surface area (Å²) in [6, 6.07) is 15.6. The van der Waals surface area contributed by atoms with Crippen LogP contribution in [0.1, 0.15) is 29.5 Å². The lowest BCUT2D eigenvalue weighted by Gasteiger charge is -2.15. The van der Waals surface area contributed by atoms with Gasteiger partial charge in [0.05, 0.1) is 0 Å². The number of rotatable bonds is 5. The van der Waals surface area contributed by atoms with Crippen molar-refractivity contribution < 1.29 is 4.39 Å². The van der Waals surface area contributed by atoms with E-state index in [1.54, 1.807) is 0 Å². The van der Waals surface area contributed by atoms with Crippen molar-refractivity contribution in [1.29, 1.82) is 0 Å². The lowest BCUT2D eigenvalue weighted by molar-refractivity contribution is 0.625. The number of benzene rings is 2. The highest BCUT2D eigenvalue weighted by Gasteiger charge is 2.11. The SMILES string of the molecule is CCc1ccc(CC(CBr)c2ccc(F)cc2)cc1. The van der Waals surface area contributed by atoms with Gasteiger partial charge >= 0.3 is 0 Å². The zero-order valence-electron chi connectivity index (χ0n) is 11.1. The Bertz CT molecular complexity index is 502. The quantitative estimate of drug-likeness (QED) is 0.671. The van der Waals surface area contributed by atoms with Gasteiger partial charge in [0.15, 0.2) is 0 Å². The molecule has 0 nitrogen and oxygen atoms in total. The van der Waals surface area contributed by atoms with Crippen molar-refractivity contribution in [3.63, 3.8) is 0 Å². The first-order valence-corrected chi connectivity index (χ1v) is 7.74. The minimum atomic E-state index is -0.177. The molecule has 2 rings (SSSR count). The van der Waals surface area contributed by atoms with Gasteiger partial charge < -0.3 is 0 Å². The van der Waals surface area contributed by atoms with Crippen molar-refractivity contribution in [2.75, 3.05) is 5.33 Å². The molecule has 100 valence electrons. The Morgan fingerprint density at radius 1 is 0.947 bits per heavy atom. The van der Waals surface area contributed by atoms with Crippen molar-refractivity contribution in [2.24, 2.45) is 0 Å². The third kappa shape index (κ3) is 3.90. The maximum Gasteiger partial charge on any atom is 0.123 e. The Hall–Kier alpha value is -1.15. The fourth-order valence-electron chi connectivity index (χ4n) is 2.19. The van der Waals surface area contributed by atoms with E-state index in [0.717, 1.165) is 18.2 Å². The van der Waals surface area contributed by atoms with Gasteiger partial charge in [-0.2, -0.15) is 0 Å². The van der Waals surface area contributed by atoms with Gasteiger partial charge in [0, 0.05) is 5.33 Å². The van der Waals surface area contributed by atoms with Crippen LogP contribution in [-0.4, -0.2) is 5.33 Å². The van der Waals surface area contributed by atoms with Gasteiger partial charge in [-0.15, -0.1) is 0 Å². The molecule has 1 atom stereocenters. The molecule has 0 N–H and O–H groups in total. The van der Waals surface area contributed by atoms with Crippen LogP contribution in [0.2, 0.25) is 0 Å². The maximum atomic E-state index is 13.0. The number of hydrogen-bond acceptors (Lipinski definition) is 0. The summed E-state index contributed by atoms with van der Waals surface area (Å²) in [5.74, 6) is 0.206. The molecule has 2 heteroatoms. The van der Waals surface area contributed by atoms with Crippen molar-refractivity contribution in [3.8, 4) is 0 Å². The van der Waals surface area contributed by atoms with Gasteiger partial charge in [-0.05, 0) is 47.6 Å². The van der Waals surface area contributed by atoms with Crippen LogP contribution in [0.15, 0.2) is 48.5 Å². The summed E-state index contributed by atoms with van der Waals surface area (Å²) in [4.78, 5) is 0. The van der Waals surface area contributed by atoms with Crippen LogP contribution in [0.25, 0.3) is 0 Å². The van der Waals surface area contributed by atoms with Crippen molar-refractivity contribution >= 4 is 15.9 Å². The largest absolute Gasteiger partial charge is 0.207 e. The molecule has 19 heavy (non-hydrogen) atoms. The van der Waals surface area contributed by atoms with Gasteiger partial charge in [-0.25, -0.2) is 4.39 Å². The molecule has 0 aliphatic heterocycles. The summed E-state index contributed by atoms with van der Waals surface area (Å²) < 4.78 is 13.0. The fraction of sp³-hybridized carbons (Fsp3) is 0.294. The van der Waals surface area contributed by atoms with Crippen LogP contribution in [-0.2, 0) is 12.8 Å². The zero-order chi connectivity index (χ0) is 13.7. The molecule has 0 radical (unpaired) electrons. The Morgan fingerprint density at radius 2 is 1.53 bits per heavy atom. The van der Waals surface area contributed by atoms with E-state index in [0.29, 0.717) is 5.92 Å². The topological polar surface area (TPSA) is 0 Å². The molecule has 0 spiro atoms. The van der Waals surface area contributed by atoms with Crippen molar-refractivity contribution in [3.05, 3.63) is 71.0 Å². The minimum Gasteiger partial charge on any atom is -0.207 e. The van der Waals surface area contributed by atoms with E-state index in [4.69, 9.17) is 0 Å². The highest BCUT2D eigenvalue weighted by Crippen LogP contribution is 2.23. The third-order valence-corrected chi connectivity index (χ3v) is 4.22. The van der Waals surface area contributed by atoms with E-state index >= 15 is 0 Å². The van der Waals surface area contributed by atoms with E-state index in [2.05, 4.69) is 47.1 Å². The van der Waals surface area contributed by atoms with E-state index < -0.39 is 0 Å². The molecule has 1 unspecified atom stereocenters. The second-order valence-electron chi connectivity index (χ2n) is 4.78. The average Bonchev–Trinajstić information content (AvgIpc) is 2.46. The lowest BCUT2D eigenvalue weighted by Crippen LogP contribution is -2.04. The summed E-state index contributed by atoms with van der Waals surface area (Å²) in [5.41, 5.74) is 3.87. The Morgan fingerprint density at radius 3 is 2.05 bits per heavy atom. The molecule has 2 aromatic rings. The first-order chi connectivity index (χ1) is 9.22. The molecule has 0 aromatic heterocycles. The molecule has 0 amide bonds. The molecule has 0 saturated heterocycles. The normalized spacial score (nSPS) is 12.4. The van der Waals surface area contributed by atoms with Crippen LogP contribution in [0.3, 0.4) is 0 Å².